The number of phenols is 1. The Morgan fingerprint density at radius 1 is 1.00 bits per heavy atom. The number of rotatable bonds is 12. The number of nitrogen functional groups attached to an aromatic ring is 1. The van der Waals surface area contributed by atoms with Crippen LogP contribution in [0.1, 0.15) is 83.8 Å². The van der Waals surface area contributed by atoms with Gasteiger partial charge in [0.25, 0.3) is 0 Å². The maximum Gasteiger partial charge on any atom is 0.246 e. The number of hydrogen-bond acceptors (Lipinski definition) is 14. The number of allylic oxidation sites excluding steroid dienone is 2. The van der Waals surface area contributed by atoms with Crippen molar-refractivity contribution < 1.29 is 24.6 Å². The Morgan fingerprint density at radius 3 is 2.46 bits per heavy atom. The van der Waals surface area contributed by atoms with Gasteiger partial charge in [0.2, 0.25) is 17.7 Å². The average molecular weight is 928 g/mol. The van der Waals surface area contributed by atoms with E-state index >= 15 is 0 Å². The second-order valence-corrected chi connectivity index (χ2v) is 19.9. The highest BCUT2D eigenvalue weighted by Crippen LogP contribution is 2.36. The maximum atomic E-state index is 14.3. The molecule has 3 aliphatic rings. The number of nitrogens with one attached hydrogen (secondary N) is 2. The van der Waals surface area contributed by atoms with Crippen molar-refractivity contribution >= 4 is 52.0 Å². The monoisotopic (exact) mass is 927 g/mol. The first-order valence-corrected chi connectivity index (χ1v) is 24.0. The molecule has 17 heteroatoms. The number of thiazole rings is 1. The van der Waals surface area contributed by atoms with E-state index < -0.39 is 29.5 Å². The van der Waals surface area contributed by atoms with Crippen molar-refractivity contribution in [1.29, 1.82) is 0 Å². The molecule has 0 radical (unpaired) electrons. The van der Waals surface area contributed by atoms with Gasteiger partial charge in [0.15, 0.2) is 11.6 Å². The predicted octanol–water partition coefficient (Wildman–Crippen LogP) is 6.14. The molecule has 3 aromatic heterocycles. The third-order valence-corrected chi connectivity index (χ3v) is 14.2. The first-order chi connectivity index (χ1) is 32.1. The fourth-order valence-corrected chi connectivity index (χ4v) is 10.4. The summed E-state index contributed by atoms with van der Waals surface area (Å²) in [4.78, 5) is 63.1. The minimum absolute atomic E-state index is 0.00287. The molecule has 5 aromatic rings. The van der Waals surface area contributed by atoms with E-state index in [1.807, 2.05) is 81.7 Å². The van der Waals surface area contributed by atoms with E-state index in [1.165, 1.54) is 4.90 Å². The number of aliphatic hydroxyl groups is 1. The number of nitrogens with zero attached hydrogens (tertiary/aromatic N) is 8. The number of carbonyl (C=O) groups is 3. The number of benzene rings is 2. The van der Waals surface area contributed by atoms with Gasteiger partial charge in [-0.2, -0.15) is 0 Å². The van der Waals surface area contributed by atoms with Gasteiger partial charge in [0.1, 0.15) is 23.7 Å². The largest absolute Gasteiger partial charge is 0.507 e. The fourth-order valence-electron chi connectivity index (χ4n) is 9.55. The summed E-state index contributed by atoms with van der Waals surface area (Å²) in [6.45, 7) is 13.6. The minimum Gasteiger partial charge on any atom is -0.507 e. The third kappa shape index (κ3) is 10.3. The number of amides is 3. The van der Waals surface area contributed by atoms with Crippen LogP contribution in [0.5, 0.6) is 5.75 Å². The number of nitrogens with two attached hydrogens (primary N) is 1. The van der Waals surface area contributed by atoms with E-state index in [0.29, 0.717) is 55.3 Å². The highest BCUT2D eigenvalue weighted by Gasteiger charge is 2.45. The predicted molar refractivity (Wildman–Crippen MR) is 261 cm³/mol. The Morgan fingerprint density at radius 2 is 1.78 bits per heavy atom. The smallest absolute Gasteiger partial charge is 0.246 e. The molecule has 2 saturated heterocycles. The first-order valence-electron chi connectivity index (χ1n) is 23.1. The molecular formula is C50H61N11O5S. The molecular weight excluding hydrogens is 867 g/mol. The molecule has 0 spiro atoms. The number of aryl methyl sites for hydroxylation is 1. The maximum absolute atomic E-state index is 14.3. The summed E-state index contributed by atoms with van der Waals surface area (Å²) >= 11 is 1.58. The first kappa shape index (κ1) is 47.0. The number of phenolic OH excluding ortho intramolecular Hbond substituents is 1. The number of aromatic hydroxyl groups is 1. The van der Waals surface area contributed by atoms with Gasteiger partial charge in [-0.3, -0.25) is 14.4 Å². The zero-order valence-corrected chi connectivity index (χ0v) is 39.8. The number of hydrogen-bond donors (Lipinski definition) is 5. The summed E-state index contributed by atoms with van der Waals surface area (Å²) in [7, 11) is 0. The normalized spacial score (nSPS) is 21.4. The molecule has 3 amide bonds. The highest BCUT2D eigenvalue weighted by atomic mass is 32.1. The van der Waals surface area contributed by atoms with Crippen LogP contribution in [0.2, 0.25) is 0 Å². The molecule has 67 heavy (non-hydrogen) atoms. The number of carbonyl (C=O) groups excluding carboxylic acids is 3. The van der Waals surface area contributed by atoms with Crippen LogP contribution in [0, 0.1) is 18.3 Å². The Bertz CT molecular complexity index is 2630. The summed E-state index contributed by atoms with van der Waals surface area (Å²) in [6, 6.07) is 17.1. The van der Waals surface area contributed by atoms with Crippen molar-refractivity contribution in [3.63, 3.8) is 0 Å². The number of likely N-dealkylation sites (tertiary alicyclic amines) is 1. The lowest BCUT2D eigenvalue weighted by Gasteiger charge is -2.47. The molecule has 2 fully saturated rings. The lowest BCUT2D eigenvalue weighted by Crippen LogP contribution is -2.58. The van der Waals surface area contributed by atoms with E-state index in [2.05, 4.69) is 54.4 Å². The standard InChI is InChI=1S/C50H61N11O5S/c1-7-35-26-59(39-23-38(57-58-45(39)51)37-10-8-9-11-41(37)63)25-29(2)61(35)42-20-21-52-46(55-42)33-16-18-34(19-17-33)47(64)56-44(50(4,5)6)49(66)60-27-36(62)22-40(60)48(65)53-24-31-12-14-32(15-13-31)43-30(3)54-28-67-43/h8-16,20-21,23,28-29,34-36,40,44,62-63H,7,17-19,22,24-27H2,1-6H3,(H2,51,58)(H,53,65)(H,56,64)/t29?,34?,35?,36-,40+,44-/m1/s1. The van der Waals surface area contributed by atoms with E-state index in [1.54, 1.807) is 35.7 Å². The molecule has 6 N–H and O–H groups in total. The molecule has 2 aliphatic heterocycles. The summed E-state index contributed by atoms with van der Waals surface area (Å²) in [5.41, 5.74) is 13.3. The summed E-state index contributed by atoms with van der Waals surface area (Å²) < 4.78 is 0. The highest BCUT2D eigenvalue weighted by molar-refractivity contribution is 7.13. The molecule has 16 nitrogen and oxygen atoms in total. The van der Waals surface area contributed by atoms with Gasteiger partial charge in [-0.1, -0.05) is 70.2 Å². The van der Waals surface area contributed by atoms with Crippen LogP contribution in [0.4, 0.5) is 17.3 Å². The molecule has 6 atom stereocenters. The molecule has 0 bridgehead atoms. The zero-order chi connectivity index (χ0) is 47.6. The van der Waals surface area contributed by atoms with Crippen LogP contribution >= 0.6 is 11.3 Å². The number of para-hydroxylation sites is 1. The van der Waals surface area contributed by atoms with Gasteiger partial charge in [-0.25, -0.2) is 15.0 Å². The Labute approximate surface area is 395 Å². The minimum atomic E-state index is -0.923. The average Bonchev–Trinajstić information content (AvgIpc) is 3.94. The fraction of sp³-hybridized carbons (Fsp3) is 0.440. The van der Waals surface area contributed by atoms with Crippen LogP contribution in [0.15, 0.2) is 78.4 Å². The van der Waals surface area contributed by atoms with Gasteiger partial charge >= 0.3 is 0 Å². The SMILES string of the molecule is CCC1CN(c2cc(-c3ccccc3O)nnc2N)CC(C)N1c1ccnc(C2=CCC(C(=O)N[C@H](C(=O)N3C[C@H](O)C[C@H]3C(=O)NCc3ccc(-c4scnc4C)cc3)C(C)(C)C)CC2)n1. The summed E-state index contributed by atoms with van der Waals surface area (Å²) in [5.74, 6) is 0.549. The number of aliphatic hydroxyl groups excluding tert-OH is 1. The molecule has 2 aromatic carbocycles. The molecule has 0 saturated carbocycles. The van der Waals surface area contributed by atoms with E-state index in [4.69, 9.17) is 10.7 Å². The van der Waals surface area contributed by atoms with Crippen molar-refractivity contribution in [2.24, 2.45) is 11.3 Å². The Hall–Kier alpha value is -6.46. The molecule has 1 aliphatic carbocycles. The quantitative estimate of drug-likeness (QED) is 0.0952. The van der Waals surface area contributed by atoms with Crippen LogP contribution in [-0.2, 0) is 20.9 Å². The molecule has 5 heterocycles. The van der Waals surface area contributed by atoms with Crippen molar-refractivity contribution in [1.82, 2.24) is 40.7 Å². The summed E-state index contributed by atoms with van der Waals surface area (Å²) in [5, 5.41) is 35.8. The number of piperazine rings is 1. The van der Waals surface area contributed by atoms with Crippen molar-refractivity contribution in [3.05, 3.63) is 95.5 Å². The lowest BCUT2D eigenvalue weighted by atomic mass is 9.83. The Kier molecular flexibility index (Phi) is 13.9. The second-order valence-electron chi connectivity index (χ2n) is 19.1. The van der Waals surface area contributed by atoms with Crippen LogP contribution in [0.3, 0.4) is 0 Å². The van der Waals surface area contributed by atoms with Crippen LogP contribution < -0.4 is 26.2 Å². The number of aromatic nitrogens is 5. The van der Waals surface area contributed by atoms with Gasteiger partial charge < -0.3 is 41.3 Å². The van der Waals surface area contributed by atoms with Crippen molar-refractivity contribution in [3.8, 4) is 27.4 Å². The van der Waals surface area contributed by atoms with Crippen molar-refractivity contribution in [2.75, 3.05) is 35.2 Å². The van der Waals surface area contributed by atoms with E-state index in [0.717, 1.165) is 45.2 Å². The summed E-state index contributed by atoms with van der Waals surface area (Å²) in [6.07, 6.45) is 5.50. The molecule has 3 unspecified atom stereocenters. The Balaban J connectivity index is 0.895. The number of anilines is 3. The van der Waals surface area contributed by atoms with E-state index in [-0.39, 0.29) is 55.1 Å². The van der Waals surface area contributed by atoms with Crippen molar-refractivity contribution in [2.45, 2.75) is 110 Å². The van der Waals surface area contributed by atoms with E-state index in [9.17, 15) is 24.6 Å². The topological polar surface area (TPSA) is 216 Å². The molecule has 8 rings (SSSR count). The van der Waals surface area contributed by atoms with Gasteiger partial charge in [-0.05, 0) is 85.9 Å². The van der Waals surface area contributed by atoms with Crippen LogP contribution in [0.25, 0.3) is 27.3 Å². The van der Waals surface area contributed by atoms with Gasteiger partial charge in [0.05, 0.1) is 33.6 Å². The second kappa shape index (κ2) is 19.8. The zero-order valence-electron chi connectivity index (χ0n) is 39.0. The lowest BCUT2D eigenvalue weighted by molar-refractivity contribution is -0.144. The number of β-amino-alcohol motifs (C(OH)–C–C–N with tert-alkyl or cyclic N) is 1. The third-order valence-electron chi connectivity index (χ3n) is 13.2. The molecule has 352 valence electrons. The van der Waals surface area contributed by atoms with Gasteiger partial charge in [0, 0.05) is 62.4 Å². The van der Waals surface area contributed by atoms with Gasteiger partial charge in [-0.15, -0.1) is 21.5 Å². The van der Waals surface area contributed by atoms with Crippen LogP contribution in [-0.4, -0.2) is 108 Å².